The summed E-state index contributed by atoms with van der Waals surface area (Å²) in [5.74, 6) is 1.08. The molecule has 0 unspecified atom stereocenters. The summed E-state index contributed by atoms with van der Waals surface area (Å²) in [7, 11) is 0. The molecular formula is C16H21FN4O3. The molecule has 24 heavy (non-hydrogen) atoms. The second-order valence-electron chi connectivity index (χ2n) is 5.99. The highest BCUT2D eigenvalue weighted by Gasteiger charge is 2.36. The van der Waals surface area contributed by atoms with Crippen molar-refractivity contribution in [1.29, 1.82) is 0 Å². The summed E-state index contributed by atoms with van der Waals surface area (Å²) < 4.78 is 24.3. The summed E-state index contributed by atoms with van der Waals surface area (Å²) in [4.78, 5) is 8.10. The fourth-order valence-corrected chi connectivity index (χ4v) is 3.03. The number of aromatic nitrogens is 3. The molecule has 3 atom stereocenters. The third-order valence-electron chi connectivity index (χ3n) is 4.23. The van der Waals surface area contributed by atoms with Crippen molar-refractivity contribution in [2.24, 2.45) is 5.92 Å². The molecule has 2 aromatic rings. The highest BCUT2D eigenvalue weighted by atomic mass is 19.1. The van der Waals surface area contributed by atoms with E-state index in [4.69, 9.17) is 9.26 Å². The van der Waals surface area contributed by atoms with E-state index in [9.17, 15) is 9.50 Å². The third kappa shape index (κ3) is 3.64. The van der Waals surface area contributed by atoms with Crippen molar-refractivity contribution in [3.05, 3.63) is 29.8 Å². The summed E-state index contributed by atoms with van der Waals surface area (Å²) in [5, 5.41) is 17.1. The smallest absolute Gasteiger partial charge is 0.229 e. The molecule has 2 N–H and O–H groups in total. The monoisotopic (exact) mass is 336 g/mol. The molecule has 7 nitrogen and oxygen atoms in total. The number of aliphatic hydroxyl groups is 1. The SMILES string of the molecule is CCOc1cc(NC[C@H]2C[C@H](c3nc(C)no3)C[C@H]2O)c(F)cn1. The van der Waals surface area contributed by atoms with Crippen LogP contribution in [0.5, 0.6) is 5.88 Å². The van der Waals surface area contributed by atoms with Crippen molar-refractivity contribution < 1.29 is 18.8 Å². The molecule has 3 rings (SSSR count). The van der Waals surface area contributed by atoms with E-state index in [1.165, 1.54) is 6.07 Å². The molecular weight excluding hydrogens is 315 g/mol. The Hall–Kier alpha value is -2.22. The van der Waals surface area contributed by atoms with E-state index in [0.717, 1.165) is 6.20 Å². The summed E-state index contributed by atoms with van der Waals surface area (Å²) in [5.41, 5.74) is 0.317. The van der Waals surface area contributed by atoms with Crippen molar-refractivity contribution in [3.63, 3.8) is 0 Å². The van der Waals surface area contributed by atoms with Gasteiger partial charge >= 0.3 is 0 Å². The Bertz CT molecular complexity index is 694. The molecule has 1 aliphatic carbocycles. The molecule has 0 aromatic carbocycles. The summed E-state index contributed by atoms with van der Waals surface area (Å²) >= 11 is 0. The van der Waals surface area contributed by atoms with Crippen LogP contribution in [-0.2, 0) is 0 Å². The molecule has 0 amide bonds. The molecule has 8 heteroatoms. The average molecular weight is 336 g/mol. The van der Waals surface area contributed by atoms with E-state index in [2.05, 4.69) is 20.4 Å². The number of rotatable bonds is 6. The van der Waals surface area contributed by atoms with Crippen LogP contribution in [0.2, 0.25) is 0 Å². The van der Waals surface area contributed by atoms with Gasteiger partial charge in [0.15, 0.2) is 11.6 Å². The van der Waals surface area contributed by atoms with Crippen LogP contribution in [0, 0.1) is 18.7 Å². The van der Waals surface area contributed by atoms with E-state index < -0.39 is 11.9 Å². The minimum Gasteiger partial charge on any atom is -0.478 e. The van der Waals surface area contributed by atoms with Crippen LogP contribution in [0.4, 0.5) is 10.1 Å². The Labute approximate surface area is 139 Å². The first-order valence-corrected chi connectivity index (χ1v) is 8.07. The zero-order valence-electron chi connectivity index (χ0n) is 13.7. The number of hydrogen-bond acceptors (Lipinski definition) is 7. The van der Waals surface area contributed by atoms with Gasteiger partial charge in [-0.05, 0) is 26.7 Å². The molecule has 0 aliphatic heterocycles. The predicted molar refractivity (Wildman–Crippen MR) is 84.4 cm³/mol. The molecule has 130 valence electrons. The van der Waals surface area contributed by atoms with Gasteiger partial charge in [-0.25, -0.2) is 9.37 Å². The number of nitrogens with one attached hydrogen (secondary N) is 1. The maximum atomic E-state index is 13.8. The molecule has 0 saturated heterocycles. The second kappa shape index (κ2) is 7.12. The molecule has 2 aromatic heterocycles. The van der Waals surface area contributed by atoms with E-state index in [-0.39, 0.29) is 11.8 Å². The molecule has 1 saturated carbocycles. The van der Waals surface area contributed by atoms with Gasteiger partial charge in [-0.1, -0.05) is 5.16 Å². The number of halogens is 1. The number of hydrogen-bond donors (Lipinski definition) is 2. The largest absolute Gasteiger partial charge is 0.478 e. The van der Waals surface area contributed by atoms with Gasteiger partial charge in [0.1, 0.15) is 0 Å². The quantitative estimate of drug-likeness (QED) is 0.836. The average Bonchev–Trinajstić information content (AvgIpc) is 3.14. The zero-order valence-corrected chi connectivity index (χ0v) is 13.7. The zero-order chi connectivity index (χ0) is 17.1. The fraction of sp³-hybridized carbons (Fsp3) is 0.562. The lowest BCUT2D eigenvalue weighted by Gasteiger charge is -2.16. The van der Waals surface area contributed by atoms with Crippen LogP contribution in [0.15, 0.2) is 16.8 Å². The van der Waals surface area contributed by atoms with Crippen molar-refractivity contribution in [2.75, 3.05) is 18.5 Å². The number of nitrogens with zero attached hydrogens (tertiary/aromatic N) is 3. The Morgan fingerprint density at radius 3 is 3.00 bits per heavy atom. The van der Waals surface area contributed by atoms with Crippen LogP contribution in [0.25, 0.3) is 0 Å². The predicted octanol–water partition coefficient (Wildman–Crippen LogP) is 2.28. The highest BCUT2D eigenvalue weighted by Crippen LogP contribution is 2.38. The number of anilines is 1. The van der Waals surface area contributed by atoms with Crippen LogP contribution in [0.3, 0.4) is 0 Å². The van der Waals surface area contributed by atoms with Gasteiger partial charge in [-0.2, -0.15) is 4.98 Å². The number of ether oxygens (including phenoxy) is 1. The normalized spacial score (nSPS) is 23.4. The van der Waals surface area contributed by atoms with Gasteiger partial charge in [-0.3, -0.25) is 0 Å². The lowest BCUT2D eigenvalue weighted by atomic mass is 10.0. The van der Waals surface area contributed by atoms with Gasteiger partial charge in [-0.15, -0.1) is 0 Å². The van der Waals surface area contributed by atoms with Crippen molar-refractivity contribution >= 4 is 5.69 Å². The number of pyridine rings is 1. The summed E-state index contributed by atoms with van der Waals surface area (Å²) in [6.07, 6.45) is 1.91. The lowest BCUT2D eigenvalue weighted by molar-refractivity contribution is 0.137. The highest BCUT2D eigenvalue weighted by molar-refractivity contribution is 5.46. The van der Waals surface area contributed by atoms with Crippen LogP contribution >= 0.6 is 0 Å². The molecule has 0 radical (unpaired) electrons. The van der Waals surface area contributed by atoms with Gasteiger partial charge in [0.2, 0.25) is 11.8 Å². The molecule has 1 aliphatic rings. The number of aryl methyl sites for hydroxylation is 1. The molecule has 2 heterocycles. The summed E-state index contributed by atoms with van der Waals surface area (Å²) in [6, 6.07) is 1.53. The maximum Gasteiger partial charge on any atom is 0.229 e. The number of aliphatic hydroxyl groups excluding tert-OH is 1. The second-order valence-corrected chi connectivity index (χ2v) is 5.99. The maximum absolute atomic E-state index is 13.8. The first kappa shape index (κ1) is 16.6. The van der Waals surface area contributed by atoms with Gasteiger partial charge in [0.25, 0.3) is 0 Å². The lowest BCUT2D eigenvalue weighted by Crippen LogP contribution is -2.22. The van der Waals surface area contributed by atoms with Crippen molar-refractivity contribution in [2.45, 2.75) is 38.7 Å². The Kier molecular flexibility index (Phi) is 4.94. The van der Waals surface area contributed by atoms with E-state index >= 15 is 0 Å². The van der Waals surface area contributed by atoms with Crippen LogP contribution < -0.4 is 10.1 Å². The minimum atomic E-state index is -0.494. The van der Waals surface area contributed by atoms with Crippen LogP contribution in [0.1, 0.15) is 37.4 Å². The third-order valence-corrected chi connectivity index (χ3v) is 4.23. The summed E-state index contributed by atoms with van der Waals surface area (Å²) in [6.45, 7) is 4.51. The van der Waals surface area contributed by atoms with E-state index in [1.807, 2.05) is 6.92 Å². The van der Waals surface area contributed by atoms with Crippen molar-refractivity contribution in [1.82, 2.24) is 15.1 Å². The van der Waals surface area contributed by atoms with Gasteiger partial charge < -0.3 is 19.7 Å². The topological polar surface area (TPSA) is 93.3 Å². The van der Waals surface area contributed by atoms with Gasteiger partial charge in [0.05, 0.1) is 24.6 Å². The fourth-order valence-electron chi connectivity index (χ4n) is 3.03. The first-order valence-electron chi connectivity index (χ1n) is 8.07. The van der Waals surface area contributed by atoms with E-state index in [0.29, 0.717) is 49.3 Å². The van der Waals surface area contributed by atoms with Crippen LogP contribution in [-0.4, -0.2) is 39.5 Å². The molecule has 1 fully saturated rings. The Balaban J connectivity index is 1.61. The minimum absolute atomic E-state index is 0.0229. The molecule has 0 bridgehead atoms. The first-order chi connectivity index (χ1) is 11.6. The molecule has 0 spiro atoms. The van der Waals surface area contributed by atoms with E-state index in [1.54, 1.807) is 6.92 Å². The standard InChI is InChI=1S/C16H21FN4O3/c1-3-23-15-6-13(12(17)8-19-15)18-7-11-4-10(5-14(11)22)16-20-9(2)21-24-16/h6,8,10-11,14,22H,3-5,7H2,1-2H3,(H,18,19)/t10-,11+,14+/m0/s1. The van der Waals surface area contributed by atoms with Gasteiger partial charge in [0, 0.05) is 24.4 Å². The Morgan fingerprint density at radius 2 is 2.29 bits per heavy atom. The van der Waals surface area contributed by atoms with Crippen molar-refractivity contribution in [3.8, 4) is 5.88 Å². The Morgan fingerprint density at radius 1 is 1.46 bits per heavy atom.